The molecular formula is C14H28O2. The van der Waals surface area contributed by atoms with E-state index >= 15 is 0 Å². The maximum absolute atomic E-state index is 9.97. The first kappa shape index (κ1) is 14.0. The Morgan fingerprint density at radius 1 is 1.25 bits per heavy atom. The Labute approximate surface area is 100 Å². The molecule has 0 spiro atoms. The number of aliphatic hydroxyl groups excluding tert-OH is 1. The maximum atomic E-state index is 9.97. The Morgan fingerprint density at radius 3 is 2.62 bits per heavy atom. The molecular weight excluding hydrogens is 200 g/mol. The minimum atomic E-state index is -0.0831. The highest BCUT2D eigenvalue weighted by Crippen LogP contribution is 2.35. The lowest BCUT2D eigenvalue weighted by molar-refractivity contribution is 0.0154. The van der Waals surface area contributed by atoms with Gasteiger partial charge in [0.2, 0.25) is 0 Å². The van der Waals surface area contributed by atoms with Crippen LogP contribution in [-0.2, 0) is 4.74 Å². The summed E-state index contributed by atoms with van der Waals surface area (Å²) in [6, 6.07) is 0. The van der Waals surface area contributed by atoms with E-state index in [-0.39, 0.29) is 6.10 Å². The molecule has 96 valence electrons. The van der Waals surface area contributed by atoms with Crippen LogP contribution < -0.4 is 0 Å². The van der Waals surface area contributed by atoms with Gasteiger partial charge in [-0.25, -0.2) is 0 Å². The van der Waals surface area contributed by atoms with Gasteiger partial charge in [-0.1, -0.05) is 20.8 Å². The Hall–Kier alpha value is -0.0800. The molecule has 1 aliphatic carbocycles. The summed E-state index contributed by atoms with van der Waals surface area (Å²) in [5.41, 5.74) is 0. The lowest BCUT2D eigenvalue weighted by atomic mass is 9.74. The second-order valence-electron chi connectivity index (χ2n) is 5.55. The number of hydrogen-bond acceptors (Lipinski definition) is 2. The van der Waals surface area contributed by atoms with Crippen LogP contribution in [0.5, 0.6) is 0 Å². The lowest BCUT2D eigenvalue weighted by Gasteiger charge is -2.35. The monoisotopic (exact) mass is 228 g/mol. The van der Waals surface area contributed by atoms with Gasteiger partial charge in [0.25, 0.3) is 0 Å². The minimum Gasteiger partial charge on any atom is -0.393 e. The van der Waals surface area contributed by atoms with Gasteiger partial charge in [-0.05, 0) is 49.9 Å². The zero-order valence-corrected chi connectivity index (χ0v) is 11.1. The molecule has 0 saturated heterocycles. The van der Waals surface area contributed by atoms with Crippen molar-refractivity contribution in [3.05, 3.63) is 0 Å². The van der Waals surface area contributed by atoms with Crippen LogP contribution in [0, 0.1) is 17.8 Å². The van der Waals surface area contributed by atoms with Gasteiger partial charge in [-0.2, -0.15) is 0 Å². The zero-order valence-electron chi connectivity index (χ0n) is 11.1. The first-order chi connectivity index (χ1) is 7.65. The molecule has 1 fully saturated rings. The van der Waals surface area contributed by atoms with Crippen LogP contribution in [-0.4, -0.2) is 24.4 Å². The first-order valence-corrected chi connectivity index (χ1v) is 6.91. The van der Waals surface area contributed by atoms with Crippen LogP contribution in [0.15, 0.2) is 0 Å². The first-order valence-electron chi connectivity index (χ1n) is 6.91. The molecule has 0 amide bonds. The van der Waals surface area contributed by atoms with Crippen LogP contribution >= 0.6 is 0 Å². The molecule has 1 aliphatic rings. The van der Waals surface area contributed by atoms with E-state index in [0.29, 0.717) is 5.92 Å². The van der Waals surface area contributed by atoms with Crippen LogP contribution in [0.2, 0.25) is 0 Å². The minimum absolute atomic E-state index is 0.0831. The van der Waals surface area contributed by atoms with E-state index in [1.807, 2.05) is 0 Å². The highest BCUT2D eigenvalue weighted by Gasteiger charge is 2.30. The third-order valence-corrected chi connectivity index (χ3v) is 3.91. The molecule has 0 heterocycles. The summed E-state index contributed by atoms with van der Waals surface area (Å²) in [6.45, 7) is 8.40. The van der Waals surface area contributed by atoms with Crippen LogP contribution in [0.1, 0.15) is 52.9 Å². The van der Waals surface area contributed by atoms with Crippen LogP contribution in [0.4, 0.5) is 0 Å². The number of aliphatic hydroxyl groups is 1. The molecule has 2 heteroatoms. The molecule has 3 unspecified atom stereocenters. The Morgan fingerprint density at radius 2 is 2.00 bits per heavy atom. The van der Waals surface area contributed by atoms with Gasteiger partial charge < -0.3 is 9.84 Å². The van der Waals surface area contributed by atoms with Gasteiger partial charge in [0.15, 0.2) is 0 Å². The normalized spacial score (nSPS) is 30.9. The molecule has 0 aromatic carbocycles. The number of hydrogen-bond donors (Lipinski definition) is 1. The fourth-order valence-corrected chi connectivity index (χ4v) is 2.68. The lowest BCUT2D eigenvalue weighted by Crippen LogP contribution is -2.31. The molecule has 3 atom stereocenters. The molecule has 0 radical (unpaired) electrons. The topological polar surface area (TPSA) is 29.5 Å². The van der Waals surface area contributed by atoms with Gasteiger partial charge in [0.05, 0.1) is 6.10 Å². The Kier molecular flexibility index (Phi) is 6.37. The predicted octanol–water partition coefficient (Wildman–Crippen LogP) is 3.24. The van der Waals surface area contributed by atoms with Crippen LogP contribution in [0.25, 0.3) is 0 Å². The molecule has 0 aliphatic heterocycles. The van der Waals surface area contributed by atoms with Gasteiger partial charge in [0, 0.05) is 13.2 Å². The molecule has 1 saturated carbocycles. The summed E-state index contributed by atoms with van der Waals surface area (Å²) in [4.78, 5) is 0. The smallest absolute Gasteiger partial charge is 0.0569 e. The van der Waals surface area contributed by atoms with E-state index in [2.05, 4.69) is 20.8 Å². The standard InChI is InChI=1S/C14H28O2/c1-4-8-16-9-7-13-10-12(11(2)3)5-6-14(13)15/h11-15H,4-10H2,1-3H3. The van der Waals surface area contributed by atoms with Crippen molar-refractivity contribution in [3.63, 3.8) is 0 Å². The fraction of sp³-hybridized carbons (Fsp3) is 1.00. The highest BCUT2D eigenvalue weighted by molar-refractivity contribution is 4.81. The zero-order chi connectivity index (χ0) is 12.0. The van der Waals surface area contributed by atoms with E-state index in [4.69, 9.17) is 4.74 Å². The Balaban J connectivity index is 2.26. The van der Waals surface area contributed by atoms with Crippen molar-refractivity contribution in [2.75, 3.05) is 13.2 Å². The van der Waals surface area contributed by atoms with Crippen molar-refractivity contribution < 1.29 is 9.84 Å². The third kappa shape index (κ3) is 4.42. The van der Waals surface area contributed by atoms with Crippen molar-refractivity contribution in [3.8, 4) is 0 Å². The van der Waals surface area contributed by atoms with E-state index in [9.17, 15) is 5.11 Å². The van der Waals surface area contributed by atoms with Crippen LogP contribution in [0.3, 0.4) is 0 Å². The number of ether oxygens (including phenoxy) is 1. The molecule has 0 aromatic heterocycles. The molecule has 1 N–H and O–H groups in total. The van der Waals surface area contributed by atoms with Crippen molar-refractivity contribution in [2.45, 2.75) is 59.0 Å². The quantitative estimate of drug-likeness (QED) is 0.707. The summed E-state index contributed by atoms with van der Waals surface area (Å²) < 4.78 is 5.52. The summed E-state index contributed by atoms with van der Waals surface area (Å²) >= 11 is 0. The average Bonchev–Trinajstić information content (AvgIpc) is 2.26. The summed E-state index contributed by atoms with van der Waals surface area (Å²) in [7, 11) is 0. The largest absolute Gasteiger partial charge is 0.393 e. The summed E-state index contributed by atoms with van der Waals surface area (Å²) in [6.07, 6.45) is 5.41. The van der Waals surface area contributed by atoms with Gasteiger partial charge in [-0.15, -0.1) is 0 Å². The highest BCUT2D eigenvalue weighted by atomic mass is 16.5. The molecule has 16 heavy (non-hydrogen) atoms. The molecule has 1 rings (SSSR count). The van der Waals surface area contributed by atoms with E-state index in [0.717, 1.165) is 44.3 Å². The Bertz CT molecular complexity index is 180. The maximum Gasteiger partial charge on any atom is 0.0569 e. The average molecular weight is 228 g/mol. The number of rotatable bonds is 6. The van der Waals surface area contributed by atoms with Crippen molar-refractivity contribution in [2.24, 2.45) is 17.8 Å². The van der Waals surface area contributed by atoms with Gasteiger partial charge in [-0.3, -0.25) is 0 Å². The summed E-state index contributed by atoms with van der Waals surface area (Å²) in [5.74, 6) is 2.03. The second kappa shape index (κ2) is 7.29. The second-order valence-corrected chi connectivity index (χ2v) is 5.55. The van der Waals surface area contributed by atoms with E-state index < -0.39 is 0 Å². The van der Waals surface area contributed by atoms with Crippen molar-refractivity contribution in [1.29, 1.82) is 0 Å². The predicted molar refractivity (Wildman–Crippen MR) is 67.4 cm³/mol. The van der Waals surface area contributed by atoms with E-state index in [1.165, 1.54) is 12.8 Å². The summed E-state index contributed by atoms with van der Waals surface area (Å²) in [5, 5.41) is 9.97. The SMILES string of the molecule is CCCOCCC1CC(C(C)C)CCC1O. The van der Waals surface area contributed by atoms with Gasteiger partial charge in [0.1, 0.15) is 0 Å². The van der Waals surface area contributed by atoms with E-state index in [1.54, 1.807) is 0 Å². The van der Waals surface area contributed by atoms with Crippen molar-refractivity contribution in [1.82, 2.24) is 0 Å². The third-order valence-electron chi connectivity index (χ3n) is 3.91. The molecule has 0 bridgehead atoms. The fourth-order valence-electron chi connectivity index (χ4n) is 2.68. The van der Waals surface area contributed by atoms with Crippen molar-refractivity contribution >= 4 is 0 Å². The van der Waals surface area contributed by atoms with Gasteiger partial charge >= 0.3 is 0 Å². The molecule has 2 nitrogen and oxygen atoms in total. The molecule has 0 aromatic rings.